The zero-order valence-electron chi connectivity index (χ0n) is 12.7. The predicted octanol–water partition coefficient (Wildman–Crippen LogP) is 3.06. The number of benzene rings is 1. The van der Waals surface area contributed by atoms with Crippen LogP contribution in [0.4, 0.5) is 4.79 Å². The van der Waals surface area contributed by atoms with E-state index in [9.17, 15) is 4.79 Å². The normalized spacial score (nSPS) is 19.6. The maximum Gasteiger partial charge on any atom is 0.408 e. The van der Waals surface area contributed by atoms with Crippen LogP contribution in [-0.2, 0) is 4.74 Å². The van der Waals surface area contributed by atoms with E-state index in [1.54, 1.807) is 30.9 Å². The van der Waals surface area contributed by atoms with Crippen LogP contribution in [0.25, 0.3) is 11.1 Å². The Morgan fingerprint density at radius 2 is 1.79 bits per heavy atom. The SMILES string of the molecule is O=C1N[C@H](c2cncc(-c3ccccc3)c2)[C@@H](c2ccnnc2)O1. The Labute approximate surface area is 138 Å². The van der Waals surface area contributed by atoms with Gasteiger partial charge in [0.2, 0.25) is 0 Å². The molecule has 1 aliphatic heterocycles. The second-order valence-electron chi connectivity index (χ2n) is 5.50. The molecule has 6 heteroatoms. The summed E-state index contributed by atoms with van der Waals surface area (Å²) in [6.07, 6.45) is 5.82. The first-order valence-electron chi connectivity index (χ1n) is 7.55. The van der Waals surface area contributed by atoms with Gasteiger partial charge in [-0.1, -0.05) is 30.3 Å². The minimum atomic E-state index is -0.458. The van der Waals surface area contributed by atoms with Crippen LogP contribution in [0.15, 0.2) is 67.3 Å². The van der Waals surface area contributed by atoms with Gasteiger partial charge in [-0.3, -0.25) is 4.98 Å². The number of aromatic nitrogens is 3. The molecule has 0 spiro atoms. The molecule has 0 saturated carbocycles. The van der Waals surface area contributed by atoms with Crippen molar-refractivity contribution < 1.29 is 9.53 Å². The van der Waals surface area contributed by atoms with E-state index in [2.05, 4.69) is 20.5 Å². The standard InChI is InChI=1S/C18H14N4O2/c23-18-22-16(17(24-18)13-6-7-20-21-11-13)15-8-14(9-19-10-15)12-4-2-1-3-5-12/h1-11,16-17H,(H,22,23)/t16-,17-/m1/s1. The van der Waals surface area contributed by atoms with Gasteiger partial charge in [-0.2, -0.15) is 10.2 Å². The third-order valence-corrected chi connectivity index (χ3v) is 3.97. The van der Waals surface area contributed by atoms with Gasteiger partial charge in [0.05, 0.1) is 6.20 Å². The fourth-order valence-electron chi connectivity index (χ4n) is 2.82. The summed E-state index contributed by atoms with van der Waals surface area (Å²) in [7, 11) is 0. The lowest BCUT2D eigenvalue weighted by Gasteiger charge is -2.17. The summed E-state index contributed by atoms with van der Waals surface area (Å²) < 4.78 is 5.41. The monoisotopic (exact) mass is 318 g/mol. The van der Waals surface area contributed by atoms with Gasteiger partial charge in [0.1, 0.15) is 6.04 Å². The summed E-state index contributed by atoms with van der Waals surface area (Å²) in [6, 6.07) is 13.5. The number of amides is 1. The minimum Gasteiger partial charge on any atom is -0.439 e. The molecule has 2 atom stereocenters. The van der Waals surface area contributed by atoms with E-state index < -0.39 is 12.2 Å². The Morgan fingerprint density at radius 3 is 2.58 bits per heavy atom. The molecule has 1 amide bonds. The van der Waals surface area contributed by atoms with E-state index in [0.29, 0.717) is 0 Å². The molecule has 24 heavy (non-hydrogen) atoms. The van der Waals surface area contributed by atoms with Crippen LogP contribution < -0.4 is 5.32 Å². The largest absolute Gasteiger partial charge is 0.439 e. The van der Waals surface area contributed by atoms with Gasteiger partial charge < -0.3 is 10.1 Å². The van der Waals surface area contributed by atoms with Gasteiger partial charge in [0.25, 0.3) is 0 Å². The van der Waals surface area contributed by atoms with Crippen molar-refractivity contribution in [1.29, 1.82) is 0 Å². The second kappa shape index (κ2) is 6.08. The molecule has 0 aliphatic carbocycles. The first-order chi connectivity index (χ1) is 11.8. The number of alkyl carbamates (subject to hydrolysis) is 1. The number of hydrogen-bond acceptors (Lipinski definition) is 5. The van der Waals surface area contributed by atoms with E-state index in [-0.39, 0.29) is 6.04 Å². The van der Waals surface area contributed by atoms with E-state index in [0.717, 1.165) is 22.3 Å². The second-order valence-corrected chi connectivity index (χ2v) is 5.50. The van der Waals surface area contributed by atoms with Gasteiger partial charge in [-0.15, -0.1) is 0 Å². The van der Waals surface area contributed by atoms with E-state index in [4.69, 9.17) is 4.74 Å². The summed E-state index contributed by atoms with van der Waals surface area (Å²) in [5.41, 5.74) is 3.72. The molecule has 0 unspecified atom stereocenters. The number of rotatable bonds is 3. The fourth-order valence-corrected chi connectivity index (χ4v) is 2.82. The molecule has 4 rings (SSSR count). The van der Waals surface area contributed by atoms with Crippen LogP contribution in [0.2, 0.25) is 0 Å². The van der Waals surface area contributed by atoms with Crippen LogP contribution in [0, 0.1) is 0 Å². The highest BCUT2D eigenvalue weighted by atomic mass is 16.6. The Morgan fingerprint density at radius 1 is 0.917 bits per heavy atom. The van der Waals surface area contributed by atoms with Crippen LogP contribution in [-0.4, -0.2) is 21.3 Å². The Balaban J connectivity index is 1.71. The van der Waals surface area contributed by atoms with E-state index in [1.807, 2.05) is 36.4 Å². The lowest BCUT2D eigenvalue weighted by Crippen LogP contribution is -2.19. The Kier molecular flexibility index (Phi) is 3.63. The molecule has 1 aromatic carbocycles. The van der Waals surface area contributed by atoms with Crippen molar-refractivity contribution >= 4 is 6.09 Å². The number of nitrogens with zero attached hydrogens (tertiary/aromatic N) is 3. The van der Waals surface area contributed by atoms with E-state index >= 15 is 0 Å². The van der Waals surface area contributed by atoms with E-state index in [1.165, 1.54) is 0 Å². The Bertz CT molecular complexity index is 855. The maximum absolute atomic E-state index is 11.8. The molecule has 3 aromatic rings. The Hall–Kier alpha value is -3.28. The van der Waals surface area contributed by atoms with Crippen molar-refractivity contribution in [2.24, 2.45) is 0 Å². The molecule has 1 aliphatic rings. The predicted molar refractivity (Wildman–Crippen MR) is 86.8 cm³/mol. The number of carbonyl (C=O) groups excluding carboxylic acids is 1. The van der Waals surface area contributed by atoms with Crippen molar-refractivity contribution in [3.05, 3.63) is 78.4 Å². The number of cyclic esters (lactones) is 1. The summed E-state index contributed by atoms with van der Waals surface area (Å²) in [6.45, 7) is 0. The van der Waals surface area contributed by atoms with Gasteiger partial charge in [0.15, 0.2) is 6.10 Å². The van der Waals surface area contributed by atoms with Gasteiger partial charge in [-0.25, -0.2) is 4.79 Å². The van der Waals surface area contributed by atoms with Gasteiger partial charge >= 0.3 is 6.09 Å². The minimum absolute atomic E-state index is 0.321. The molecular weight excluding hydrogens is 304 g/mol. The summed E-state index contributed by atoms with van der Waals surface area (Å²) in [5.74, 6) is 0. The molecule has 1 saturated heterocycles. The zero-order chi connectivity index (χ0) is 16.4. The smallest absolute Gasteiger partial charge is 0.408 e. The number of pyridine rings is 1. The lowest BCUT2D eigenvalue weighted by molar-refractivity contribution is 0.132. The summed E-state index contributed by atoms with van der Waals surface area (Å²) >= 11 is 0. The summed E-state index contributed by atoms with van der Waals surface area (Å²) in [5, 5.41) is 10.5. The first-order valence-corrected chi connectivity index (χ1v) is 7.55. The molecule has 6 nitrogen and oxygen atoms in total. The molecule has 3 heterocycles. The molecule has 0 radical (unpaired) electrons. The molecule has 1 fully saturated rings. The first kappa shape index (κ1) is 14.3. The third-order valence-electron chi connectivity index (χ3n) is 3.97. The average Bonchev–Trinajstić information content (AvgIpc) is 3.05. The topological polar surface area (TPSA) is 77.0 Å². The van der Waals surface area contributed by atoms with Crippen molar-refractivity contribution in [2.75, 3.05) is 0 Å². The molecular formula is C18H14N4O2. The molecule has 0 bridgehead atoms. The van der Waals surface area contributed by atoms with Crippen molar-refractivity contribution in [1.82, 2.24) is 20.5 Å². The van der Waals surface area contributed by atoms with Crippen LogP contribution in [0.5, 0.6) is 0 Å². The number of carbonyl (C=O) groups is 1. The van der Waals surface area contributed by atoms with Crippen LogP contribution in [0.3, 0.4) is 0 Å². The quantitative estimate of drug-likeness (QED) is 0.803. The van der Waals surface area contributed by atoms with Crippen molar-refractivity contribution in [3.63, 3.8) is 0 Å². The van der Waals surface area contributed by atoms with Crippen LogP contribution in [0.1, 0.15) is 23.3 Å². The van der Waals surface area contributed by atoms with Crippen molar-refractivity contribution in [2.45, 2.75) is 12.1 Å². The maximum atomic E-state index is 11.8. The molecule has 118 valence electrons. The molecule has 2 aromatic heterocycles. The summed E-state index contributed by atoms with van der Waals surface area (Å²) in [4.78, 5) is 16.1. The highest BCUT2D eigenvalue weighted by Gasteiger charge is 2.36. The third kappa shape index (κ3) is 2.69. The molecule has 1 N–H and O–H groups in total. The lowest BCUT2D eigenvalue weighted by atomic mass is 9.97. The van der Waals surface area contributed by atoms with Crippen molar-refractivity contribution in [3.8, 4) is 11.1 Å². The van der Waals surface area contributed by atoms with Gasteiger partial charge in [0, 0.05) is 29.7 Å². The number of hydrogen-bond donors (Lipinski definition) is 1. The van der Waals surface area contributed by atoms with Crippen LogP contribution >= 0.6 is 0 Å². The average molecular weight is 318 g/mol. The highest BCUT2D eigenvalue weighted by molar-refractivity contribution is 5.71. The zero-order valence-corrected chi connectivity index (χ0v) is 12.7. The number of ether oxygens (including phenoxy) is 1. The fraction of sp³-hybridized carbons (Fsp3) is 0.111. The van der Waals surface area contributed by atoms with Gasteiger partial charge in [-0.05, 0) is 23.3 Å². The highest BCUT2D eigenvalue weighted by Crippen LogP contribution is 2.36. The number of nitrogens with one attached hydrogen (secondary N) is 1.